The van der Waals surface area contributed by atoms with Crippen molar-refractivity contribution < 1.29 is 19.1 Å². The van der Waals surface area contributed by atoms with E-state index in [1.807, 2.05) is 41.3 Å². The van der Waals surface area contributed by atoms with Gasteiger partial charge in [-0.05, 0) is 48.7 Å². The fourth-order valence-corrected chi connectivity index (χ4v) is 5.92. The van der Waals surface area contributed by atoms with Crippen LogP contribution in [-0.4, -0.2) is 54.0 Å². The molecule has 3 saturated heterocycles. The Morgan fingerprint density at radius 2 is 1.82 bits per heavy atom. The number of rotatable bonds is 4. The lowest BCUT2D eigenvalue weighted by Crippen LogP contribution is -2.51. The van der Waals surface area contributed by atoms with Gasteiger partial charge in [-0.3, -0.25) is 19.3 Å². The number of amides is 3. The van der Waals surface area contributed by atoms with Gasteiger partial charge in [-0.25, -0.2) is 0 Å². The molecule has 1 N–H and O–H groups in total. The number of carbonyl (C=O) groups is 3. The van der Waals surface area contributed by atoms with E-state index in [1.54, 1.807) is 24.3 Å². The highest BCUT2D eigenvalue weighted by atomic mass is 35.5. The van der Waals surface area contributed by atoms with E-state index in [9.17, 15) is 14.4 Å². The molecule has 0 radical (unpaired) electrons. The van der Waals surface area contributed by atoms with E-state index < -0.39 is 17.9 Å². The summed E-state index contributed by atoms with van der Waals surface area (Å²) in [6.45, 7) is 0.902. The molecule has 0 unspecified atom stereocenters. The van der Waals surface area contributed by atoms with Crippen molar-refractivity contribution in [2.24, 2.45) is 11.8 Å². The SMILES string of the molecule is O=C(Nc1ccc(Cl)cc1)[C@@H]1[C@@H]2C(=O)N(C[C@@H]3CCCO3)C(=O)[C@H]2[C@@H]2C=Cc3ccccc3N12. The highest BCUT2D eigenvalue weighted by molar-refractivity contribution is 6.30. The second-order valence-corrected chi connectivity index (χ2v) is 9.67. The van der Waals surface area contributed by atoms with Crippen molar-refractivity contribution in [2.75, 3.05) is 23.4 Å². The third-order valence-corrected chi connectivity index (χ3v) is 7.55. The molecule has 7 nitrogen and oxygen atoms in total. The van der Waals surface area contributed by atoms with Gasteiger partial charge >= 0.3 is 0 Å². The van der Waals surface area contributed by atoms with Gasteiger partial charge in [0.2, 0.25) is 17.7 Å². The zero-order valence-electron chi connectivity index (χ0n) is 18.4. The molecule has 3 fully saturated rings. The maximum absolute atomic E-state index is 13.7. The number of imide groups is 1. The first kappa shape index (κ1) is 21.4. The third-order valence-electron chi connectivity index (χ3n) is 7.30. The second kappa shape index (κ2) is 8.25. The van der Waals surface area contributed by atoms with Crippen LogP contribution in [0.3, 0.4) is 0 Å². The minimum absolute atomic E-state index is 0.133. The molecule has 0 saturated carbocycles. The summed E-state index contributed by atoms with van der Waals surface area (Å²) in [5, 5.41) is 3.51. The molecular formula is C26H24ClN3O4. The zero-order valence-corrected chi connectivity index (χ0v) is 19.1. The Hall–Kier alpha value is -3.16. The maximum atomic E-state index is 13.7. The molecule has 0 aromatic heterocycles. The van der Waals surface area contributed by atoms with Gasteiger partial charge in [-0.2, -0.15) is 0 Å². The van der Waals surface area contributed by atoms with Crippen molar-refractivity contribution in [3.05, 3.63) is 65.2 Å². The summed E-state index contributed by atoms with van der Waals surface area (Å²) in [7, 11) is 0. The van der Waals surface area contributed by atoms with Crippen LogP contribution in [0.25, 0.3) is 6.08 Å². The Kier molecular flexibility index (Phi) is 5.19. The summed E-state index contributed by atoms with van der Waals surface area (Å²) in [6, 6.07) is 13.4. The van der Waals surface area contributed by atoms with Crippen LogP contribution in [0.5, 0.6) is 0 Å². The highest BCUT2D eigenvalue weighted by Crippen LogP contribution is 2.48. The van der Waals surface area contributed by atoms with Crippen molar-refractivity contribution in [1.82, 2.24) is 4.90 Å². The maximum Gasteiger partial charge on any atom is 0.247 e. The molecule has 0 bridgehead atoms. The van der Waals surface area contributed by atoms with Crippen LogP contribution < -0.4 is 10.2 Å². The van der Waals surface area contributed by atoms with Gasteiger partial charge in [-0.1, -0.05) is 42.0 Å². The van der Waals surface area contributed by atoms with Gasteiger partial charge in [0.05, 0.1) is 30.5 Å². The summed E-state index contributed by atoms with van der Waals surface area (Å²) in [5.74, 6) is -2.19. The van der Waals surface area contributed by atoms with Crippen LogP contribution in [0.2, 0.25) is 5.02 Å². The van der Waals surface area contributed by atoms with Crippen LogP contribution in [-0.2, 0) is 19.1 Å². The minimum Gasteiger partial charge on any atom is -0.376 e. The van der Waals surface area contributed by atoms with Crippen LogP contribution in [0.4, 0.5) is 11.4 Å². The number of nitrogens with zero attached hydrogens (tertiary/aromatic N) is 2. The van der Waals surface area contributed by atoms with Gasteiger partial charge in [0.1, 0.15) is 6.04 Å². The van der Waals surface area contributed by atoms with Crippen molar-refractivity contribution in [3.8, 4) is 0 Å². The number of ether oxygens (including phenoxy) is 1. The molecule has 8 heteroatoms. The summed E-state index contributed by atoms with van der Waals surface area (Å²) < 4.78 is 5.69. The van der Waals surface area contributed by atoms with Crippen molar-refractivity contribution in [3.63, 3.8) is 0 Å². The number of carbonyl (C=O) groups excluding carboxylic acids is 3. The molecule has 174 valence electrons. The Bertz CT molecular complexity index is 1190. The average molecular weight is 478 g/mol. The van der Waals surface area contributed by atoms with Gasteiger partial charge in [0.25, 0.3) is 0 Å². The normalized spacial score (nSPS) is 29.3. The van der Waals surface area contributed by atoms with Crippen molar-refractivity contribution in [1.29, 1.82) is 0 Å². The van der Waals surface area contributed by atoms with Crippen molar-refractivity contribution in [2.45, 2.75) is 31.0 Å². The van der Waals surface area contributed by atoms with Crippen LogP contribution in [0.1, 0.15) is 18.4 Å². The van der Waals surface area contributed by atoms with E-state index in [0.29, 0.717) is 17.3 Å². The summed E-state index contributed by atoms with van der Waals surface area (Å²) in [4.78, 5) is 44.2. The number of anilines is 2. The van der Waals surface area contributed by atoms with E-state index in [1.165, 1.54) is 4.90 Å². The van der Waals surface area contributed by atoms with Crippen molar-refractivity contribution >= 4 is 46.8 Å². The quantitative estimate of drug-likeness (QED) is 0.683. The predicted molar refractivity (Wildman–Crippen MR) is 128 cm³/mol. The number of halogens is 1. The Morgan fingerprint density at radius 1 is 1.06 bits per heavy atom. The molecule has 4 heterocycles. The number of benzene rings is 2. The fraction of sp³-hybridized carbons (Fsp3) is 0.346. The molecule has 34 heavy (non-hydrogen) atoms. The number of nitrogens with one attached hydrogen (secondary N) is 1. The van der Waals surface area contributed by atoms with Gasteiger partial charge in [0.15, 0.2) is 0 Å². The fourth-order valence-electron chi connectivity index (χ4n) is 5.80. The monoisotopic (exact) mass is 477 g/mol. The topological polar surface area (TPSA) is 79.0 Å². The lowest BCUT2D eigenvalue weighted by atomic mass is 9.88. The number of hydrogen-bond donors (Lipinski definition) is 1. The molecule has 3 amide bonds. The van der Waals surface area contributed by atoms with Crippen LogP contribution in [0, 0.1) is 11.8 Å². The minimum atomic E-state index is -0.817. The highest BCUT2D eigenvalue weighted by Gasteiger charge is 2.64. The largest absolute Gasteiger partial charge is 0.376 e. The van der Waals surface area contributed by atoms with E-state index in [4.69, 9.17) is 16.3 Å². The van der Waals surface area contributed by atoms with Crippen LogP contribution >= 0.6 is 11.6 Å². The predicted octanol–water partition coefficient (Wildman–Crippen LogP) is 3.34. The Morgan fingerprint density at radius 3 is 2.59 bits per heavy atom. The van der Waals surface area contributed by atoms with E-state index in [-0.39, 0.29) is 36.4 Å². The van der Waals surface area contributed by atoms with E-state index in [0.717, 1.165) is 24.1 Å². The number of likely N-dealkylation sites (tertiary alicyclic amines) is 1. The molecule has 2 aromatic rings. The first-order chi connectivity index (χ1) is 16.5. The summed E-state index contributed by atoms with van der Waals surface area (Å²) >= 11 is 5.99. The number of fused-ring (bicyclic) bond motifs is 5. The first-order valence-electron chi connectivity index (χ1n) is 11.6. The molecular weight excluding hydrogens is 454 g/mol. The van der Waals surface area contributed by atoms with E-state index >= 15 is 0 Å². The third kappa shape index (κ3) is 3.34. The molecule has 0 spiro atoms. The lowest BCUT2D eigenvalue weighted by Gasteiger charge is -2.36. The second-order valence-electron chi connectivity index (χ2n) is 9.23. The van der Waals surface area contributed by atoms with Crippen LogP contribution in [0.15, 0.2) is 54.6 Å². The molecule has 4 aliphatic heterocycles. The zero-order chi connectivity index (χ0) is 23.4. The van der Waals surface area contributed by atoms with Gasteiger partial charge in [-0.15, -0.1) is 0 Å². The number of para-hydroxylation sites is 1. The molecule has 0 aliphatic carbocycles. The molecule has 2 aromatic carbocycles. The summed E-state index contributed by atoms with van der Waals surface area (Å²) in [5.41, 5.74) is 2.40. The number of hydrogen-bond acceptors (Lipinski definition) is 5. The smallest absolute Gasteiger partial charge is 0.247 e. The average Bonchev–Trinajstić information content (AvgIpc) is 3.54. The molecule has 6 rings (SSSR count). The van der Waals surface area contributed by atoms with Gasteiger partial charge < -0.3 is 15.0 Å². The molecule has 4 aliphatic rings. The lowest BCUT2D eigenvalue weighted by molar-refractivity contribution is -0.142. The first-order valence-corrected chi connectivity index (χ1v) is 12.0. The summed E-state index contributed by atoms with van der Waals surface area (Å²) in [6.07, 6.45) is 5.56. The Labute approximate surface area is 202 Å². The Balaban J connectivity index is 1.37. The molecule has 5 atom stereocenters. The van der Waals surface area contributed by atoms with E-state index in [2.05, 4.69) is 5.32 Å². The van der Waals surface area contributed by atoms with Gasteiger partial charge in [0, 0.05) is 23.0 Å². The standard InChI is InChI=1S/C26H24ClN3O4/c27-16-8-10-17(11-9-16)28-24(31)23-22-21(20-12-7-15-4-1-2-6-19(15)30(20)23)25(32)29(26(22)33)14-18-5-3-13-34-18/h1-2,4,6-12,18,20-23H,3,5,13-14H2,(H,28,31)/t18-,20-,21-,22+,23-/m0/s1.